The van der Waals surface area contributed by atoms with Gasteiger partial charge in [0.15, 0.2) is 0 Å². The topological polar surface area (TPSA) is 58.4 Å². The second kappa shape index (κ2) is 5.88. The summed E-state index contributed by atoms with van der Waals surface area (Å²) in [6.45, 7) is 4.45. The second-order valence-corrected chi connectivity index (χ2v) is 4.42. The molecule has 18 heavy (non-hydrogen) atoms. The highest BCUT2D eigenvalue weighted by molar-refractivity contribution is 5.34. The lowest BCUT2D eigenvalue weighted by atomic mass is 10.2. The van der Waals surface area contributed by atoms with Crippen LogP contribution in [0.25, 0.3) is 0 Å². The molecule has 0 aliphatic carbocycles. The molecule has 0 bridgehead atoms. The highest BCUT2D eigenvalue weighted by atomic mass is 19.1. The molecule has 1 aliphatic heterocycles. The molecule has 0 atom stereocenters. The van der Waals surface area contributed by atoms with Crippen LogP contribution in [0.4, 0.5) is 10.1 Å². The van der Waals surface area contributed by atoms with Gasteiger partial charge in [-0.15, -0.1) is 0 Å². The molecule has 1 aromatic carbocycles. The lowest BCUT2D eigenvalue weighted by Crippen LogP contribution is -2.27. The Labute approximate surface area is 105 Å². The molecule has 1 saturated heterocycles. The number of nitrogens with zero attached hydrogens (tertiary/aromatic N) is 2. The molecule has 0 aromatic heterocycles. The monoisotopic (exact) mass is 253 g/mol. The Kier molecular flexibility index (Phi) is 4.22. The molecular weight excluding hydrogens is 237 g/mol. The van der Waals surface area contributed by atoms with Crippen molar-refractivity contribution in [3.8, 4) is 0 Å². The summed E-state index contributed by atoms with van der Waals surface area (Å²) in [5.41, 5.74) is 0.316. The van der Waals surface area contributed by atoms with Crippen molar-refractivity contribution >= 4 is 5.69 Å². The maximum absolute atomic E-state index is 13.5. The number of hydrogen-bond acceptors (Lipinski definition) is 4. The van der Waals surface area contributed by atoms with Gasteiger partial charge >= 0.3 is 5.69 Å². The summed E-state index contributed by atoms with van der Waals surface area (Å²) in [5, 5.41) is 13.8. The fraction of sp³-hybridized carbons (Fsp3) is 0.500. The van der Waals surface area contributed by atoms with Gasteiger partial charge in [0.1, 0.15) is 0 Å². The van der Waals surface area contributed by atoms with E-state index in [1.807, 2.05) is 0 Å². The van der Waals surface area contributed by atoms with Crippen molar-refractivity contribution < 1.29 is 9.31 Å². The molecule has 0 spiro atoms. The van der Waals surface area contributed by atoms with Crippen LogP contribution in [-0.4, -0.2) is 36.0 Å². The standard InChI is InChI=1S/C12H16FN3O2/c13-11-8-10(2-3-12(11)16(17)18)9-15-6-1-4-14-5-7-15/h2-3,8,14H,1,4-7,9H2. The van der Waals surface area contributed by atoms with E-state index in [-0.39, 0.29) is 0 Å². The molecule has 0 saturated carbocycles. The van der Waals surface area contributed by atoms with Crippen LogP contribution in [0.15, 0.2) is 18.2 Å². The van der Waals surface area contributed by atoms with Crippen molar-refractivity contribution in [2.75, 3.05) is 26.2 Å². The zero-order chi connectivity index (χ0) is 13.0. The normalized spacial score (nSPS) is 17.4. The summed E-state index contributed by atoms with van der Waals surface area (Å²) in [5.74, 6) is -0.759. The second-order valence-electron chi connectivity index (χ2n) is 4.42. The lowest BCUT2D eigenvalue weighted by Gasteiger charge is -2.19. The van der Waals surface area contributed by atoms with E-state index < -0.39 is 16.4 Å². The fourth-order valence-corrected chi connectivity index (χ4v) is 2.11. The molecule has 98 valence electrons. The van der Waals surface area contributed by atoms with Gasteiger partial charge in [0.05, 0.1) is 4.92 Å². The van der Waals surface area contributed by atoms with Gasteiger partial charge in [-0.2, -0.15) is 4.39 Å². The zero-order valence-corrected chi connectivity index (χ0v) is 10.1. The van der Waals surface area contributed by atoms with E-state index in [9.17, 15) is 14.5 Å². The van der Waals surface area contributed by atoms with Gasteiger partial charge in [0.2, 0.25) is 5.82 Å². The average molecular weight is 253 g/mol. The molecular formula is C12H16FN3O2. The SMILES string of the molecule is O=[N+]([O-])c1ccc(CN2CCCNCC2)cc1F. The van der Waals surface area contributed by atoms with Gasteiger partial charge < -0.3 is 5.32 Å². The summed E-state index contributed by atoms with van der Waals surface area (Å²) in [6, 6.07) is 4.12. The summed E-state index contributed by atoms with van der Waals surface area (Å²) >= 11 is 0. The Morgan fingerprint density at radius 1 is 1.39 bits per heavy atom. The van der Waals surface area contributed by atoms with Crippen LogP contribution in [0.2, 0.25) is 0 Å². The molecule has 2 rings (SSSR count). The maximum atomic E-state index is 13.5. The molecule has 0 radical (unpaired) electrons. The fourth-order valence-electron chi connectivity index (χ4n) is 2.11. The zero-order valence-electron chi connectivity index (χ0n) is 10.1. The number of nitro groups is 1. The molecule has 1 heterocycles. The molecule has 0 unspecified atom stereocenters. The van der Waals surface area contributed by atoms with Crippen molar-refractivity contribution in [3.63, 3.8) is 0 Å². The first kappa shape index (κ1) is 12.9. The number of hydrogen-bond donors (Lipinski definition) is 1. The molecule has 1 fully saturated rings. The van der Waals surface area contributed by atoms with Gasteiger partial charge in [0.25, 0.3) is 0 Å². The largest absolute Gasteiger partial charge is 0.315 e. The Hall–Kier alpha value is -1.53. The number of halogens is 1. The third kappa shape index (κ3) is 3.24. The number of rotatable bonds is 3. The highest BCUT2D eigenvalue weighted by Crippen LogP contribution is 2.19. The van der Waals surface area contributed by atoms with E-state index in [0.29, 0.717) is 6.54 Å². The Morgan fingerprint density at radius 2 is 2.22 bits per heavy atom. The van der Waals surface area contributed by atoms with E-state index in [2.05, 4.69) is 10.2 Å². The Morgan fingerprint density at radius 3 is 2.94 bits per heavy atom. The van der Waals surface area contributed by atoms with E-state index >= 15 is 0 Å². The van der Waals surface area contributed by atoms with Crippen LogP contribution in [-0.2, 0) is 6.54 Å². The summed E-state index contributed by atoms with van der Waals surface area (Å²) in [6.07, 6.45) is 1.06. The summed E-state index contributed by atoms with van der Waals surface area (Å²) in [4.78, 5) is 12.0. The van der Waals surface area contributed by atoms with E-state index in [4.69, 9.17) is 0 Å². The van der Waals surface area contributed by atoms with Crippen LogP contribution in [0, 0.1) is 15.9 Å². The summed E-state index contributed by atoms with van der Waals surface area (Å²) < 4.78 is 13.5. The number of nitrogens with one attached hydrogen (secondary N) is 1. The van der Waals surface area contributed by atoms with Crippen molar-refractivity contribution in [3.05, 3.63) is 39.7 Å². The molecule has 1 aromatic rings. The van der Waals surface area contributed by atoms with Crippen molar-refractivity contribution in [2.45, 2.75) is 13.0 Å². The first-order valence-corrected chi connectivity index (χ1v) is 6.03. The van der Waals surface area contributed by atoms with Crippen molar-refractivity contribution in [1.29, 1.82) is 0 Å². The van der Waals surface area contributed by atoms with E-state index in [1.54, 1.807) is 6.07 Å². The van der Waals surface area contributed by atoms with E-state index in [1.165, 1.54) is 12.1 Å². The van der Waals surface area contributed by atoms with Crippen LogP contribution in [0.3, 0.4) is 0 Å². The first-order chi connectivity index (χ1) is 8.66. The molecule has 1 N–H and O–H groups in total. The predicted octanol–water partition coefficient (Wildman–Crippen LogP) is 1.53. The molecule has 5 nitrogen and oxygen atoms in total. The maximum Gasteiger partial charge on any atom is 0.304 e. The lowest BCUT2D eigenvalue weighted by molar-refractivity contribution is -0.387. The van der Waals surface area contributed by atoms with Gasteiger partial charge in [0, 0.05) is 25.7 Å². The molecule has 0 amide bonds. The Balaban J connectivity index is 2.05. The third-order valence-corrected chi connectivity index (χ3v) is 3.05. The van der Waals surface area contributed by atoms with Gasteiger partial charge in [-0.25, -0.2) is 0 Å². The van der Waals surface area contributed by atoms with Crippen LogP contribution < -0.4 is 5.32 Å². The average Bonchev–Trinajstić information content (AvgIpc) is 2.57. The van der Waals surface area contributed by atoms with Crippen LogP contribution in [0.5, 0.6) is 0 Å². The molecule has 1 aliphatic rings. The van der Waals surface area contributed by atoms with Crippen molar-refractivity contribution in [2.24, 2.45) is 0 Å². The van der Waals surface area contributed by atoms with Gasteiger partial charge in [-0.1, -0.05) is 6.07 Å². The third-order valence-electron chi connectivity index (χ3n) is 3.05. The Bertz CT molecular complexity index is 431. The minimum atomic E-state index is -0.759. The van der Waals surface area contributed by atoms with Gasteiger partial charge in [-0.3, -0.25) is 15.0 Å². The number of benzene rings is 1. The van der Waals surface area contributed by atoms with E-state index in [0.717, 1.165) is 38.2 Å². The summed E-state index contributed by atoms with van der Waals surface area (Å²) in [7, 11) is 0. The minimum absolute atomic E-state index is 0.462. The molecule has 6 heteroatoms. The van der Waals surface area contributed by atoms with Gasteiger partial charge in [-0.05, 0) is 31.1 Å². The predicted molar refractivity (Wildman–Crippen MR) is 65.8 cm³/mol. The van der Waals surface area contributed by atoms with Crippen molar-refractivity contribution in [1.82, 2.24) is 10.2 Å². The first-order valence-electron chi connectivity index (χ1n) is 6.03. The highest BCUT2D eigenvalue weighted by Gasteiger charge is 2.15. The minimum Gasteiger partial charge on any atom is -0.315 e. The quantitative estimate of drug-likeness (QED) is 0.655. The smallest absolute Gasteiger partial charge is 0.304 e. The number of nitro benzene ring substituents is 1. The van der Waals surface area contributed by atoms with Crippen LogP contribution in [0.1, 0.15) is 12.0 Å². The van der Waals surface area contributed by atoms with Crippen LogP contribution >= 0.6 is 0 Å².